The Bertz CT molecular complexity index is 672. The topological polar surface area (TPSA) is 56.2 Å². The number of amides is 1. The lowest BCUT2D eigenvalue weighted by molar-refractivity contribution is 0.0987. The summed E-state index contributed by atoms with van der Waals surface area (Å²) in [6.45, 7) is 8.72. The molecule has 3 saturated heterocycles. The van der Waals surface area contributed by atoms with Crippen molar-refractivity contribution in [3.05, 3.63) is 28.8 Å². The average Bonchev–Trinajstić information content (AvgIpc) is 3.15. The zero-order valence-electron chi connectivity index (χ0n) is 15.1. The van der Waals surface area contributed by atoms with E-state index in [9.17, 15) is 9.90 Å². The first kappa shape index (κ1) is 17.9. The van der Waals surface area contributed by atoms with E-state index >= 15 is 0 Å². The van der Waals surface area contributed by atoms with Crippen molar-refractivity contribution in [2.24, 2.45) is 11.8 Å². The molecule has 1 N–H and O–H groups in total. The molecule has 1 aromatic carbocycles. The predicted octanol–water partition coefficient (Wildman–Crippen LogP) is 2.61. The van der Waals surface area contributed by atoms with E-state index in [1.54, 1.807) is 4.90 Å². The van der Waals surface area contributed by atoms with Crippen LogP contribution in [0.15, 0.2) is 18.2 Å². The third-order valence-corrected chi connectivity index (χ3v) is 6.19. The van der Waals surface area contributed by atoms with Gasteiger partial charge in [-0.1, -0.05) is 17.7 Å². The molecular weight excluding hydrogens is 354 g/mol. The van der Waals surface area contributed by atoms with E-state index in [0.29, 0.717) is 31.0 Å². The first-order valence-corrected chi connectivity index (χ1v) is 9.72. The number of rotatable bonds is 3. The van der Waals surface area contributed by atoms with Gasteiger partial charge in [-0.2, -0.15) is 0 Å². The van der Waals surface area contributed by atoms with Gasteiger partial charge in [0.15, 0.2) is 0 Å². The number of ether oxygens (including phenoxy) is 1. The lowest BCUT2D eigenvalue weighted by Crippen LogP contribution is -2.44. The Balaban J connectivity index is 1.47. The van der Waals surface area contributed by atoms with Crippen molar-refractivity contribution in [1.29, 1.82) is 0 Å². The maximum absolute atomic E-state index is 11.2. The SMILES string of the molecule is CC1COCCN1c1cc(Cl)ccc1CN1CC2CN(C(=O)O)CC2C1. The van der Waals surface area contributed by atoms with Crippen LogP contribution in [0, 0.1) is 11.8 Å². The molecule has 3 aliphatic rings. The number of carboxylic acid groups (broad SMARTS) is 1. The van der Waals surface area contributed by atoms with Gasteiger partial charge in [0.05, 0.1) is 13.2 Å². The third kappa shape index (κ3) is 3.50. The van der Waals surface area contributed by atoms with Crippen molar-refractivity contribution in [3.8, 4) is 0 Å². The molecule has 3 unspecified atom stereocenters. The Labute approximate surface area is 159 Å². The van der Waals surface area contributed by atoms with Crippen LogP contribution in [-0.4, -0.2) is 73.0 Å². The molecule has 4 rings (SSSR count). The van der Waals surface area contributed by atoms with Crippen LogP contribution >= 0.6 is 11.6 Å². The van der Waals surface area contributed by atoms with Crippen molar-refractivity contribution in [3.63, 3.8) is 0 Å². The minimum atomic E-state index is -0.785. The molecule has 1 aromatic rings. The molecule has 142 valence electrons. The van der Waals surface area contributed by atoms with Gasteiger partial charge in [-0.25, -0.2) is 4.79 Å². The van der Waals surface area contributed by atoms with Crippen LogP contribution in [0.5, 0.6) is 0 Å². The minimum Gasteiger partial charge on any atom is -0.465 e. The number of halogens is 1. The molecule has 0 saturated carbocycles. The van der Waals surface area contributed by atoms with Gasteiger partial charge in [0.2, 0.25) is 0 Å². The number of likely N-dealkylation sites (tertiary alicyclic amines) is 2. The van der Waals surface area contributed by atoms with Crippen molar-refractivity contribution in [2.45, 2.75) is 19.5 Å². The maximum atomic E-state index is 11.2. The van der Waals surface area contributed by atoms with Gasteiger partial charge in [-0.05, 0) is 36.5 Å². The predicted molar refractivity (Wildman–Crippen MR) is 101 cm³/mol. The van der Waals surface area contributed by atoms with Crippen LogP contribution in [0.1, 0.15) is 12.5 Å². The molecule has 6 nitrogen and oxygen atoms in total. The smallest absolute Gasteiger partial charge is 0.407 e. The third-order valence-electron chi connectivity index (χ3n) is 5.95. The lowest BCUT2D eigenvalue weighted by atomic mass is 10.0. The Kier molecular flexibility index (Phi) is 4.99. The summed E-state index contributed by atoms with van der Waals surface area (Å²) in [5, 5.41) is 9.95. The Morgan fingerprint density at radius 2 is 2.00 bits per heavy atom. The number of benzene rings is 1. The largest absolute Gasteiger partial charge is 0.465 e. The molecule has 7 heteroatoms. The first-order chi connectivity index (χ1) is 12.5. The number of carbonyl (C=O) groups is 1. The molecule has 0 radical (unpaired) electrons. The normalized spacial score (nSPS) is 29.2. The van der Waals surface area contributed by atoms with Crippen molar-refractivity contribution < 1.29 is 14.6 Å². The summed E-state index contributed by atoms with van der Waals surface area (Å²) in [5.74, 6) is 0.924. The Morgan fingerprint density at radius 3 is 2.65 bits per heavy atom. The van der Waals surface area contributed by atoms with Crippen LogP contribution in [0.4, 0.5) is 10.5 Å². The van der Waals surface area contributed by atoms with E-state index in [0.717, 1.165) is 44.4 Å². The highest BCUT2D eigenvalue weighted by Crippen LogP contribution is 2.34. The summed E-state index contributed by atoms with van der Waals surface area (Å²) in [7, 11) is 0. The summed E-state index contributed by atoms with van der Waals surface area (Å²) in [6, 6.07) is 6.51. The minimum absolute atomic E-state index is 0.336. The second-order valence-electron chi connectivity index (χ2n) is 7.79. The molecule has 3 heterocycles. The number of hydrogen-bond acceptors (Lipinski definition) is 4. The summed E-state index contributed by atoms with van der Waals surface area (Å²) in [4.78, 5) is 17.6. The zero-order valence-corrected chi connectivity index (χ0v) is 15.9. The van der Waals surface area contributed by atoms with Crippen LogP contribution in [0.25, 0.3) is 0 Å². The van der Waals surface area contributed by atoms with Gasteiger partial charge in [0.25, 0.3) is 0 Å². The van der Waals surface area contributed by atoms with Crippen molar-refractivity contribution in [1.82, 2.24) is 9.80 Å². The highest BCUT2D eigenvalue weighted by Gasteiger charge is 2.41. The summed E-state index contributed by atoms with van der Waals surface area (Å²) >= 11 is 6.29. The molecule has 0 aliphatic carbocycles. The second-order valence-corrected chi connectivity index (χ2v) is 8.23. The molecule has 0 spiro atoms. The lowest BCUT2D eigenvalue weighted by Gasteiger charge is -2.37. The molecule has 0 bridgehead atoms. The highest BCUT2D eigenvalue weighted by molar-refractivity contribution is 6.30. The van der Waals surface area contributed by atoms with Crippen LogP contribution in [-0.2, 0) is 11.3 Å². The summed E-state index contributed by atoms with van der Waals surface area (Å²) in [5.41, 5.74) is 2.50. The number of morpholine rings is 1. The average molecular weight is 380 g/mol. The van der Waals surface area contributed by atoms with E-state index in [1.807, 2.05) is 6.07 Å². The number of anilines is 1. The van der Waals surface area contributed by atoms with E-state index in [1.165, 1.54) is 11.3 Å². The van der Waals surface area contributed by atoms with E-state index in [2.05, 4.69) is 28.9 Å². The van der Waals surface area contributed by atoms with Crippen LogP contribution in [0.2, 0.25) is 5.02 Å². The number of hydrogen-bond donors (Lipinski definition) is 1. The second kappa shape index (κ2) is 7.25. The van der Waals surface area contributed by atoms with Gasteiger partial charge < -0.3 is 19.6 Å². The van der Waals surface area contributed by atoms with Gasteiger partial charge in [-0.3, -0.25) is 4.90 Å². The van der Waals surface area contributed by atoms with Gasteiger partial charge in [0.1, 0.15) is 0 Å². The monoisotopic (exact) mass is 379 g/mol. The zero-order chi connectivity index (χ0) is 18.3. The summed E-state index contributed by atoms with van der Waals surface area (Å²) < 4.78 is 5.58. The van der Waals surface area contributed by atoms with E-state index in [4.69, 9.17) is 16.3 Å². The number of fused-ring (bicyclic) bond motifs is 1. The van der Waals surface area contributed by atoms with Crippen LogP contribution in [0.3, 0.4) is 0 Å². The molecule has 3 aliphatic heterocycles. The first-order valence-electron chi connectivity index (χ1n) is 9.34. The van der Waals surface area contributed by atoms with Gasteiger partial charge in [0, 0.05) is 56.0 Å². The molecule has 1 amide bonds. The van der Waals surface area contributed by atoms with Gasteiger partial charge in [-0.15, -0.1) is 0 Å². The van der Waals surface area contributed by atoms with Gasteiger partial charge >= 0.3 is 6.09 Å². The molecule has 0 aromatic heterocycles. The molecule has 26 heavy (non-hydrogen) atoms. The fraction of sp³-hybridized carbons (Fsp3) is 0.632. The fourth-order valence-corrected chi connectivity index (χ4v) is 4.81. The maximum Gasteiger partial charge on any atom is 0.407 e. The molecule has 3 atom stereocenters. The van der Waals surface area contributed by atoms with E-state index < -0.39 is 6.09 Å². The highest BCUT2D eigenvalue weighted by atomic mass is 35.5. The quantitative estimate of drug-likeness (QED) is 0.874. The van der Waals surface area contributed by atoms with Crippen molar-refractivity contribution in [2.75, 3.05) is 50.8 Å². The Morgan fingerprint density at radius 1 is 1.27 bits per heavy atom. The van der Waals surface area contributed by atoms with Crippen molar-refractivity contribution >= 4 is 23.4 Å². The molecular formula is C19H26ClN3O3. The van der Waals surface area contributed by atoms with Crippen LogP contribution < -0.4 is 4.90 Å². The Hall–Kier alpha value is -1.50. The van der Waals surface area contributed by atoms with E-state index in [-0.39, 0.29) is 0 Å². The summed E-state index contributed by atoms with van der Waals surface area (Å²) in [6.07, 6.45) is -0.785. The molecule has 3 fully saturated rings. The fourth-order valence-electron chi connectivity index (χ4n) is 4.64. The number of nitrogens with zero attached hydrogens (tertiary/aromatic N) is 3. The standard InChI is InChI=1S/C19H26ClN3O3/c1-13-12-26-5-4-23(13)18-6-17(20)3-2-14(18)7-21-8-15-10-22(19(24)25)11-16(15)9-21/h2-3,6,13,15-16H,4-5,7-12H2,1H3,(H,24,25).